The normalized spacial score (nSPS) is 12.6. The molecule has 0 bridgehead atoms. The van der Waals surface area contributed by atoms with Crippen LogP contribution in [0.3, 0.4) is 0 Å². The lowest BCUT2D eigenvalue weighted by Crippen LogP contribution is -2.21. The summed E-state index contributed by atoms with van der Waals surface area (Å²) in [6, 6.07) is 1.91. The molecule has 0 aliphatic heterocycles. The van der Waals surface area contributed by atoms with E-state index in [4.69, 9.17) is 17.3 Å². The molecule has 6 heteroatoms. The summed E-state index contributed by atoms with van der Waals surface area (Å²) in [6.45, 7) is 4.85. The van der Waals surface area contributed by atoms with Crippen LogP contribution in [0.1, 0.15) is 36.7 Å². The second-order valence-corrected chi connectivity index (χ2v) is 5.40. The first-order chi connectivity index (χ1) is 7.94. The van der Waals surface area contributed by atoms with Crippen LogP contribution in [0, 0.1) is 5.41 Å². The van der Waals surface area contributed by atoms with Gasteiger partial charge in [-0.1, -0.05) is 32.4 Å². The minimum absolute atomic E-state index is 0.0889. The zero-order valence-corrected chi connectivity index (χ0v) is 10.9. The molecule has 2 N–H and O–H groups in total. The fraction of sp³-hybridized carbons (Fsp3) is 0.417. The molecule has 2 nitrogen and oxygen atoms in total. The van der Waals surface area contributed by atoms with Gasteiger partial charge in [0.1, 0.15) is 0 Å². The summed E-state index contributed by atoms with van der Waals surface area (Å²) in [7, 11) is 0. The molecule has 18 heavy (non-hydrogen) atoms. The summed E-state index contributed by atoms with van der Waals surface area (Å²) in [5.74, 6) is -0.421. The third kappa shape index (κ3) is 2.96. The number of alkyl halides is 3. The molecule has 0 unspecified atom stereocenters. The Morgan fingerprint density at radius 1 is 1.22 bits per heavy atom. The van der Waals surface area contributed by atoms with E-state index in [1.807, 2.05) is 0 Å². The van der Waals surface area contributed by atoms with Crippen molar-refractivity contribution in [2.24, 2.45) is 5.41 Å². The summed E-state index contributed by atoms with van der Waals surface area (Å²) < 4.78 is 38.2. The van der Waals surface area contributed by atoms with Gasteiger partial charge < -0.3 is 5.73 Å². The highest BCUT2D eigenvalue weighted by molar-refractivity contribution is 6.33. The zero-order chi connectivity index (χ0) is 14.3. The van der Waals surface area contributed by atoms with Crippen LogP contribution < -0.4 is 5.73 Å². The first kappa shape index (κ1) is 14.8. The standard InChI is InChI=1S/C12H13ClF3NO/c1-11(2,3)10(18)6-4-7(12(14,15)16)9(17)8(13)5-6/h4-5H,17H2,1-3H3. The number of anilines is 1. The number of benzene rings is 1. The first-order valence-electron chi connectivity index (χ1n) is 5.15. The Morgan fingerprint density at radius 2 is 1.72 bits per heavy atom. The average molecular weight is 280 g/mol. The van der Waals surface area contributed by atoms with Crippen molar-refractivity contribution in [1.82, 2.24) is 0 Å². The van der Waals surface area contributed by atoms with Crippen molar-refractivity contribution < 1.29 is 18.0 Å². The summed E-state index contributed by atoms with van der Waals surface area (Å²) in [6.07, 6.45) is -4.64. The number of carbonyl (C=O) groups is 1. The van der Waals surface area contributed by atoms with Gasteiger partial charge >= 0.3 is 6.18 Å². The van der Waals surface area contributed by atoms with Crippen LogP contribution in [0.25, 0.3) is 0 Å². The number of hydrogen-bond donors (Lipinski definition) is 1. The third-order valence-corrected chi connectivity index (χ3v) is 2.69. The number of Topliss-reactive ketones (excluding diaryl/α,β-unsaturated/α-hetero) is 1. The van der Waals surface area contributed by atoms with Crippen LogP contribution >= 0.6 is 11.6 Å². The van der Waals surface area contributed by atoms with E-state index in [0.717, 1.165) is 6.07 Å². The van der Waals surface area contributed by atoms with Crippen molar-refractivity contribution in [3.05, 3.63) is 28.3 Å². The predicted octanol–water partition coefficient (Wildman–Crippen LogP) is 4.17. The molecule has 0 aromatic heterocycles. The lowest BCUT2D eigenvalue weighted by molar-refractivity contribution is -0.136. The summed E-state index contributed by atoms with van der Waals surface area (Å²) in [5, 5.41) is -0.266. The van der Waals surface area contributed by atoms with Crippen molar-refractivity contribution in [1.29, 1.82) is 0 Å². The number of ketones is 1. The highest BCUT2D eigenvalue weighted by Gasteiger charge is 2.35. The van der Waals surface area contributed by atoms with Gasteiger partial charge in [-0.05, 0) is 12.1 Å². The number of nitrogen functional groups attached to an aromatic ring is 1. The predicted molar refractivity (Wildman–Crippen MR) is 64.7 cm³/mol. The second kappa shape index (κ2) is 4.46. The molecule has 0 aliphatic carbocycles. The van der Waals surface area contributed by atoms with Crippen LogP contribution in [-0.4, -0.2) is 5.78 Å². The Morgan fingerprint density at radius 3 is 2.11 bits per heavy atom. The van der Waals surface area contributed by atoms with Gasteiger partial charge in [-0.15, -0.1) is 0 Å². The maximum Gasteiger partial charge on any atom is 0.418 e. The van der Waals surface area contributed by atoms with Gasteiger partial charge in [0.15, 0.2) is 5.78 Å². The van der Waals surface area contributed by atoms with Crippen LogP contribution in [-0.2, 0) is 6.18 Å². The minimum Gasteiger partial charge on any atom is -0.397 e. The maximum atomic E-state index is 12.7. The smallest absolute Gasteiger partial charge is 0.397 e. The van der Waals surface area contributed by atoms with Crippen molar-refractivity contribution >= 4 is 23.1 Å². The maximum absolute atomic E-state index is 12.7. The molecule has 0 atom stereocenters. The molecule has 1 aromatic rings. The molecular weight excluding hydrogens is 267 g/mol. The van der Waals surface area contributed by atoms with E-state index in [0.29, 0.717) is 0 Å². The van der Waals surface area contributed by atoms with Crippen LogP contribution in [0.15, 0.2) is 12.1 Å². The Balaban J connectivity index is 3.43. The molecule has 0 radical (unpaired) electrons. The van der Waals surface area contributed by atoms with Crippen LogP contribution in [0.5, 0.6) is 0 Å². The Bertz CT molecular complexity index is 489. The molecule has 0 aliphatic rings. The van der Waals surface area contributed by atoms with Gasteiger partial charge in [-0.2, -0.15) is 13.2 Å². The SMILES string of the molecule is CC(C)(C)C(=O)c1cc(Cl)c(N)c(C(F)(F)F)c1. The number of halogens is 4. The largest absolute Gasteiger partial charge is 0.418 e. The van der Waals surface area contributed by atoms with Crippen LogP contribution in [0.2, 0.25) is 5.02 Å². The van der Waals surface area contributed by atoms with Gasteiger partial charge in [-0.3, -0.25) is 4.79 Å². The van der Waals surface area contributed by atoms with E-state index >= 15 is 0 Å². The van der Waals surface area contributed by atoms with Crippen molar-refractivity contribution in [3.8, 4) is 0 Å². The highest BCUT2D eigenvalue weighted by atomic mass is 35.5. The molecule has 0 amide bonds. The fourth-order valence-corrected chi connectivity index (χ4v) is 1.64. The van der Waals surface area contributed by atoms with Gasteiger partial charge in [-0.25, -0.2) is 0 Å². The summed E-state index contributed by atoms with van der Waals surface area (Å²) in [5.41, 5.74) is 2.76. The zero-order valence-electron chi connectivity index (χ0n) is 10.2. The van der Waals surface area contributed by atoms with Gasteiger partial charge in [0.05, 0.1) is 16.3 Å². The van der Waals surface area contributed by atoms with E-state index in [1.165, 1.54) is 6.07 Å². The van der Waals surface area contributed by atoms with Crippen molar-refractivity contribution in [2.45, 2.75) is 26.9 Å². The summed E-state index contributed by atoms with van der Waals surface area (Å²) >= 11 is 5.64. The van der Waals surface area contributed by atoms with Gasteiger partial charge in [0.25, 0.3) is 0 Å². The molecule has 1 rings (SSSR count). The Labute approximate surface area is 108 Å². The highest BCUT2D eigenvalue weighted by Crippen LogP contribution is 2.38. The third-order valence-electron chi connectivity index (χ3n) is 2.38. The van der Waals surface area contributed by atoms with E-state index in [1.54, 1.807) is 20.8 Å². The van der Waals surface area contributed by atoms with Crippen molar-refractivity contribution in [3.63, 3.8) is 0 Å². The molecule has 0 fully saturated rings. The van der Waals surface area contributed by atoms with E-state index < -0.39 is 28.6 Å². The van der Waals surface area contributed by atoms with E-state index in [2.05, 4.69) is 0 Å². The van der Waals surface area contributed by atoms with Gasteiger partial charge in [0, 0.05) is 11.0 Å². The molecule has 1 aromatic carbocycles. The fourth-order valence-electron chi connectivity index (χ4n) is 1.42. The number of nitrogens with two attached hydrogens (primary N) is 1. The van der Waals surface area contributed by atoms with Crippen molar-refractivity contribution in [2.75, 3.05) is 5.73 Å². The quantitative estimate of drug-likeness (QED) is 0.619. The number of rotatable bonds is 1. The van der Waals surface area contributed by atoms with Crippen LogP contribution in [0.4, 0.5) is 18.9 Å². The topological polar surface area (TPSA) is 43.1 Å². The first-order valence-corrected chi connectivity index (χ1v) is 5.53. The molecule has 0 saturated heterocycles. The monoisotopic (exact) mass is 279 g/mol. The lowest BCUT2D eigenvalue weighted by Gasteiger charge is -2.19. The molecule has 100 valence electrons. The van der Waals surface area contributed by atoms with E-state index in [9.17, 15) is 18.0 Å². The molecule has 0 spiro atoms. The van der Waals surface area contributed by atoms with E-state index in [-0.39, 0.29) is 10.6 Å². The Hall–Kier alpha value is -1.23. The van der Waals surface area contributed by atoms with Gasteiger partial charge in [0.2, 0.25) is 0 Å². The lowest BCUT2D eigenvalue weighted by atomic mass is 9.86. The second-order valence-electron chi connectivity index (χ2n) is 5.00. The number of hydrogen-bond acceptors (Lipinski definition) is 2. The summed E-state index contributed by atoms with van der Waals surface area (Å²) in [4.78, 5) is 11.9. The molecular formula is C12H13ClF3NO. The number of carbonyl (C=O) groups excluding carboxylic acids is 1. The Kier molecular flexibility index (Phi) is 3.68. The molecule has 0 saturated carbocycles. The average Bonchev–Trinajstić information content (AvgIpc) is 2.17. The minimum atomic E-state index is -4.64. The molecule has 0 heterocycles.